The maximum Gasteiger partial charge on any atom is 0.329 e. The number of methoxy groups -OCH3 is 1. The van der Waals surface area contributed by atoms with Crippen LogP contribution in [0.4, 0.5) is 4.39 Å². The van der Waals surface area contributed by atoms with Crippen molar-refractivity contribution in [2.45, 2.75) is 57.8 Å². The van der Waals surface area contributed by atoms with Gasteiger partial charge in [-0.15, -0.1) is 11.5 Å². The maximum absolute atomic E-state index is 12.9. The lowest BCUT2D eigenvalue weighted by atomic mass is 10.1. The van der Waals surface area contributed by atoms with Gasteiger partial charge in [0.05, 0.1) is 13.5 Å². The largest absolute Gasteiger partial charge is 0.467 e. The lowest BCUT2D eigenvalue weighted by Crippen LogP contribution is -2.42. The molecule has 1 amide bonds. The topological polar surface area (TPSA) is 55.4 Å². The van der Waals surface area contributed by atoms with Gasteiger partial charge in [-0.2, -0.15) is 0 Å². The fraction of sp³-hybridized carbons (Fsp3) is 0.500. The highest BCUT2D eigenvalue weighted by atomic mass is 28.3. The molecule has 0 bridgehead atoms. The van der Waals surface area contributed by atoms with E-state index in [4.69, 9.17) is 4.74 Å². The summed E-state index contributed by atoms with van der Waals surface area (Å²) in [6, 6.07) is 4.86. The molecule has 0 fully saturated rings. The summed E-state index contributed by atoms with van der Waals surface area (Å²) in [7, 11) is -0.504. The Morgan fingerprint density at radius 3 is 2.31 bits per heavy atom. The standard InChI is InChI=1S/C20H28FNO3Si/c1-20(2,3)26(5,6)13-7-8-17(19(24)25-4)22-18(23)14-15-9-11-16(21)12-10-15/h9-12,17H,8,14H2,1-6H3,(H,22,23)/t17-/m0/s1. The van der Waals surface area contributed by atoms with E-state index in [-0.39, 0.29) is 29.6 Å². The summed E-state index contributed by atoms with van der Waals surface area (Å²) in [5.74, 6) is 1.85. The summed E-state index contributed by atoms with van der Waals surface area (Å²) >= 11 is 0. The molecule has 0 spiro atoms. The lowest BCUT2D eigenvalue weighted by molar-refractivity contribution is -0.144. The Labute approximate surface area is 156 Å². The average Bonchev–Trinajstić information content (AvgIpc) is 2.54. The van der Waals surface area contributed by atoms with Crippen molar-refractivity contribution in [3.05, 3.63) is 35.6 Å². The molecule has 4 nitrogen and oxygen atoms in total. The van der Waals surface area contributed by atoms with Gasteiger partial charge in [0.15, 0.2) is 0 Å². The van der Waals surface area contributed by atoms with Gasteiger partial charge >= 0.3 is 5.97 Å². The highest BCUT2D eigenvalue weighted by Crippen LogP contribution is 2.35. The molecule has 1 N–H and O–H groups in total. The van der Waals surface area contributed by atoms with Gasteiger partial charge < -0.3 is 10.1 Å². The molecule has 142 valence electrons. The van der Waals surface area contributed by atoms with Crippen molar-refractivity contribution in [1.29, 1.82) is 0 Å². The lowest BCUT2D eigenvalue weighted by Gasteiger charge is -2.31. The summed E-state index contributed by atoms with van der Waals surface area (Å²) in [4.78, 5) is 24.1. The Morgan fingerprint density at radius 2 is 1.81 bits per heavy atom. The van der Waals surface area contributed by atoms with Crippen molar-refractivity contribution in [2.24, 2.45) is 0 Å². The van der Waals surface area contributed by atoms with Crippen molar-refractivity contribution in [1.82, 2.24) is 5.32 Å². The van der Waals surface area contributed by atoms with Crippen LogP contribution in [-0.2, 0) is 20.7 Å². The van der Waals surface area contributed by atoms with E-state index in [0.29, 0.717) is 5.56 Å². The Kier molecular flexibility index (Phi) is 7.58. The Morgan fingerprint density at radius 1 is 1.23 bits per heavy atom. The third-order valence-corrected chi connectivity index (χ3v) is 9.23. The highest BCUT2D eigenvalue weighted by Gasteiger charge is 2.33. The van der Waals surface area contributed by atoms with Gasteiger partial charge in [0.2, 0.25) is 5.91 Å². The van der Waals surface area contributed by atoms with E-state index in [0.717, 1.165) is 0 Å². The molecular weight excluding hydrogens is 349 g/mol. The maximum atomic E-state index is 12.9. The fourth-order valence-corrected chi connectivity index (χ4v) is 2.85. The summed E-state index contributed by atoms with van der Waals surface area (Å²) in [6.45, 7) is 10.9. The summed E-state index contributed by atoms with van der Waals surface area (Å²) in [6.07, 6.45) is 0.262. The Balaban J connectivity index is 2.77. The van der Waals surface area contributed by atoms with E-state index in [1.54, 1.807) is 12.1 Å². The van der Waals surface area contributed by atoms with E-state index < -0.39 is 20.1 Å². The Hall–Kier alpha value is -2.13. The SMILES string of the molecule is COC(=O)[C@H](CC#C[Si](C)(C)C(C)(C)C)NC(=O)Cc1ccc(F)cc1. The first-order valence-electron chi connectivity index (χ1n) is 8.58. The predicted octanol–water partition coefficient (Wildman–Crippen LogP) is 3.47. The molecule has 26 heavy (non-hydrogen) atoms. The van der Waals surface area contributed by atoms with Gasteiger partial charge in [-0.25, -0.2) is 9.18 Å². The van der Waals surface area contributed by atoms with E-state index in [2.05, 4.69) is 50.6 Å². The number of halogens is 1. The van der Waals surface area contributed by atoms with Crippen LogP contribution in [0.5, 0.6) is 0 Å². The van der Waals surface area contributed by atoms with Gasteiger partial charge in [-0.05, 0) is 22.7 Å². The summed E-state index contributed by atoms with van der Waals surface area (Å²) < 4.78 is 17.7. The fourth-order valence-electron chi connectivity index (χ4n) is 1.93. The van der Waals surface area contributed by atoms with Crippen LogP contribution in [0.1, 0.15) is 32.8 Å². The van der Waals surface area contributed by atoms with E-state index in [1.807, 2.05) is 0 Å². The second-order valence-electron chi connectivity index (χ2n) is 7.83. The van der Waals surface area contributed by atoms with Crippen LogP contribution in [-0.4, -0.2) is 33.1 Å². The number of rotatable bonds is 5. The first-order valence-corrected chi connectivity index (χ1v) is 11.6. The van der Waals surface area contributed by atoms with E-state index in [1.165, 1.54) is 19.2 Å². The van der Waals surface area contributed by atoms with Crippen molar-refractivity contribution in [3.8, 4) is 11.5 Å². The Bertz CT molecular complexity index is 696. The molecular formula is C20H28FNO3Si. The van der Waals surface area contributed by atoms with Gasteiger partial charge in [0, 0.05) is 6.42 Å². The summed E-state index contributed by atoms with van der Waals surface area (Å²) in [5.41, 5.74) is 3.99. The average molecular weight is 378 g/mol. The predicted molar refractivity (Wildman–Crippen MR) is 104 cm³/mol. The van der Waals surface area contributed by atoms with Gasteiger partial charge in [0.1, 0.15) is 19.9 Å². The zero-order valence-electron chi connectivity index (χ0n) is 16.4. The molecule has 0 aliphatic carbocycles. The molecule has 6 heteroatoms. The van der Waals surface area contributed by atoms with Crippen molar-refractivity contribution in [2.75, 3.05) is 7.11 Å². The van der Waals surface area contributed by atoms with Gasteiger partial charge in [-0.3, -0.25) is 4.79 Å². The number of carbonyl (C=O) groups is 2. The van der Waals surface area contributed by atoms with Crippen LogP contribution in [0.2, 0.25) is 18.1 Å². The molecule has 0 heterocycles. The number of hydrogen-bond donors (Lipinski definition) is 1. The van der Waals surface area contributed by atoms with Crippen LogP contribution in [0, 0.1) is 17.3 Å². The van der Waals surface area contributed by atoms with Crippen molar-refractivity contribution < 1.29 is 18.7 Å². The number of ether oxygens (including phenoxy) is 1. The zero-order chi connectivity index (χ0) is 20.0. The van der Waals surface area contributed by atoms with Crippen LogP contribution < -0.4 is 5.32 Å². The first-order chi connectivity index (χ1) is 12.0. The highest BCUT2D eigenvalue weighted by molar-refractivity contribution is 6.87. The number of amides is 1. The molecule has 0 unspecified atom stereocenters. The van der Waals surface area contributed by atoms with E-state index in [9.17, 15) is 14.0 Å². The molecule has 1 rings (SSSR count). The number of benzene rings is 1. The smallest absolute Gasteiger partial charge is 0.329 e. The molecule has 1 atom stereocenters. The third-order valence-electron chi connectivity index (χ3n) is 4.68. The molecule has 0 aromatic heterocycles. The minimum atomic E-state index is -1.78. The monoisotopic (exact) mass is 377 g/mol. The second-order valence-corrected chi connectivity index (χ2v) is 12.8. The van der Waals surface area contributed by atoms with Crippen LogP contribution in [0.25, 0.3) is 0 Å². The molecule has 0 saturated carbocycles. The number of esters is 1. The minimum Gasteiger partial charge on any atom is -0.467 e. The van der Waals surface area contributed by atoms with E-state index >= 15 is 0 Å². The quantitative estimate of drug-likeness (QED) is 0.486. The molecule has 0 aliphatic rings. The molecule has 0 saturated heterocycles. The van der Waals surface area contributed by atoms with Crippen LogP contribution >= 0.6 is 0 Å². The van der Waals surface area contributed by atoms with Crippen molar-refractivity contribution >= 4 is 20.0 Å². The third kappa shape index (κ3) is 6.64. The zero-order valence-corrected chi connectivity index (χ0v) is 17.4. The van der Waals surface area contributed by atoms with Crippen LogP contribution in [0.15, 0.2) is 24.3 Å². The van der Waals surface area contributed by atoms with Crippen LogP contribution in [0.3, 0.4) is 0 Å². The number of hydrogen-bond acceptors (Lipinski definition) is 3. The number of nitrogens with one attached hydrogen (secondary N) is 1. The normalized spacial score (nSPS) is 12.6. The molecule has 1 aromatic carbocycles. The molecule has 0 aliphatic heterocycles. The summed E-state index contributed by atoms with van der Waals surface area (Å²) in [5, 5.41) is 2.78. The van der Waals surface area contributed by atoms with Gasteiger partial charge in [0.25, 0.3) is 0 Å². The molecule has 1 aromatic rings. The second kappa shape index (κ2) is 8.99. The number of carbonyl (C=O) groups excluding carboxylic acids is 2. The first kappa shape index (κ1) is 21.9. The minimum absolute atomic E-state index is 0.0590. The van der Waals surface area contributed by atoms with Crippen molar-refractivity contribution in [3.63, 3.8) is 0 Å². The van der Waals surface area contributed by atoms with Gasteiger partial charge in [-0.1, -0.05) is 46.0 Å². The molecule has 0 radical (unpaired) electrons.